The lowest BCUT2D eigenvalue weighted by Crippen LogP contribution is -2.26. The lowest BCUT2D eigenvalue weighted by molar-refractivity contribution is 0.398. The lowest BCUT2D eigenvalue weighted by Gasteiger charge is -2.18. The van der Waals surface area contributed by atoms with Crippen LogP contribution in [0.2, 0.25) is 0 Å². The first-order chi connectivity index (χ1) is 9.95. The number of anilines is 1. The smallest absolute Gasteiger partial charge is 0.243 e. The van der Waals surface area contributed by atoms with Gasteiger partial charge in [0.2, 0.25) is 10.0 Å². The highest BCUT2D eigenvalue weighted by atomic mass is 32.2. The van der Waals surface area contributed by atoms with Gasteiger partial charge in [-0.2, -0.15) is 4.31 Å². The van der Waals surface area contributed by atoms with Gasteiger partial charge in [-0.05, 0) is 30.3 Å². The minimum atomic E-state index is -3.56. The fourth-order valence-electron chi connectivity index (χ4n) is 1.98. The van der Waals surface area contributed by atoms with E-state index in [1.165, 1.54) is 23.5 Å². The minimum absolute atomic E-state index is 0.217. The van der Waals surface area contributed by atoms with Crippen LogP contribution in [0.15, 0.2) is 53.4 Å². The van der Waals surface area contributed by atoms with Gasteiger partial charge in [0.15, 0.2) is 0 Å². The summed E-state index contributed by atoms with van der Waals surface area (Å²) in [5.41, 5.74) is 6.92. The summed E-state index contributed by atoms with van der Waals surface area (Å²) in [6.07, 6.45) is 0. The molecule has 0 aliphatic rings. The summed E-state index contributed by atoms with van der Waals surface area (Å²) in [7, 11) is -0.454. The van der Waals surface area contributed by atoms with Crippen LogP contribution in [0.4, 0.5) is 5.69 Å². The maximum Gasteiger partial charge on any atom is 0.243 e. The number of benzene rings is 2. The normalized spacial score (nSPS) is 11.6. The van der Waals surface area contributed by atoms with Crippen molar-refractivity contribution < 1.29 is 13.2 Å². The molecule has 0 heterocycles. The number of sulfonamides is 1. The molecule has 2 N–H and O–H groups in total. The number of rotatable bonds is 5. The first-order valence-electron chi connectivity index (χ1n) is 6.39. The SMILES string of the molecule is COc1ccccc1CN(C)S(=O)(=O)c1ccc(N)cc1. The van der Waals surface area contributed by atoms with Crippen LogP contribution in [0.1, 0.15) is 5.56 Å². The van der Waals surface area contributed by atoms with Gasteiger partial charge in [-0.1, -0.05) is 18.2 Å². The van der Waals surface area contributed by atoms with Crippen molar-refractivity contribution in [2.75, 3.05) is 19.9 Å². The zero-order chi connectivity index (χ0) is 15.5. The molecule has 0 fully saturated rings. The van der Waals surface area contributed by atoms with Gasteiger partial charge < -0.3 is 10.5 Å². The molecule has 21 heavy (non-hydrogen) atoms. The zero-order valence-electron chi connectivity index (χ0n) is 12.0. The Morgan fingerprint density at radius 3 is 2.33 bits per heavy atom. The fraction of sp³-hybridized carbons (Fsp3) is 0.200. The van der Waals surface area contributed by atoms with E-state index in [2.05, 4.69) is 0 Å². The Morgan fingerprint density at radius 1 is 1.10 bits per heavy atom. The molecule has 0 aromatic heterocycles. The Morgan fingerprint density at radius 2 is 1.71 bits per heavy atom. The average molecular weight is 306 g/mol. The summed E-state index contributed by atoms with van der Waals surface area (Å²) >= 11 is 0. The van der Waals surface area contributed by atoms with Crippen LogP contribution in [0.25, 0.3) is 0 Å². The van der Waals surface area contributed by atoms with E-state index in [1.807, 2.05) is 18.2 Å². The lowest BCUT2D eigenvalue weighted by atomic mass is 10.2. The standard InChI is InChI=1S/C15H18N2O3S/c1-17(11-12-5-3-4-6-15(12)20-2)21(18,19)14-9-7-13(16)8-10-14/h3-10H,11,16H2,1-2H3. The first-order valence-corrected chi connectivity index (χ1v) is 7.83. The van der Waals surface area contributed by atoms with Crippen molar-refractivity contribution in [1.29, 1.82) is 0 Å². The van der Waals surface area contributed by atoms with Gasteiger partial charge in [-0.3, -0.25) is 0 Å². The summed E-state index contributed by atoms with van der Waals surface area (Å²) in [5, 5.41) is 0. The van der Waals surface area contributed by atoms with Crippen LogP contribution in [0, 0.1) is 0 Å². The summed E-state index contributed by atoms with van der Waals surface area (Å²) < 4.78 is 31.5. The third-order valence-electron chi connectivity index (χ3n) is 3.17. The van der Waals surface area contributed by atoms with Crippen molar-refractivity contribution in [2.24, 2.45) is 0 Å². The van der Waals surface area contributed by atoms with E-state index in [0.29, 0.717) is 11.4 Å². The van der Waals surface area contributed by atoms with Crippen molar-refractivity contribution in [2.45, 2.75) is 11.4 Å². The molecule has 0 atom stereocenters. The summed E-state index contributed by atoms with van der Waals surface area (Å²) in [4.78, 5) is 0.217. The van der Waals surface area contributed by atoms with Crippen LogP contribution in [0.3, 0.4) is 0 Å². The van der Waals surface area contributed by atoms with E-state index in [0.717, 1.165) is 5.56 Å². The van der Waals surface area contributed by atoms with E-state index in [-0.39, 0.29) is 11.4 Å². The molecule has 0 bridgehead atoms. The first kappa shape index (κ1) is 15.3. The monoisotopic (exact) mass is 306 g/mol. The molecular weight excluding hydrogens is 288 g/mol. The summed E-state index contributed by atoms with van der Waals surface area (Å²) in [6.45, 7) is 0.233. The van der Waals surface area contributed by atoms with Crippen LogP contribution < -0.4 is 10.5 Å². The van der Waals surface area contributed by atoms with E-state index in [4.69, 9.17) is 10.5 Å². The van der Waals surface area contributed by atoms with Crippen LogP contribution in [-0.4, -0.2) is 26.9 Å². The largest absolute Gasteiger partial charge is 0.496 e. The van der Waals surface area contributed by atoms with Crippen LogP contribution >= 0.6 is 0 Å². The highest BCUT2D eigenvalue weighted by Gasteiger charge is 2.21. The molecular formula is C15H18N2O3S. The molecule has 0 saturated heterocycles. The molecule has 2 aromatic carbocycles. The van der Waals surface area contributed by atoms with Gasteiger partial charge in [0.25, 0.3) is 0 Å². The number of hydrogen-bond acceptors (Lipinski definition) is 4. The molecule has 0 unspecified atom stereocenters. The molecule has 0 saturated carbocycles. The minimum Gasteiger partial charge on any atom is -0.496 e. The van der Waals surface area contributed by atoms with Gasteiger partial charge in [0.05, 0.1) is 12.0 Å². The van der Waals surface area contributed by atoms with Crippen LogP contribution in [-0.2, 0) is 16.6 Å². The summed E-state index contributed by atoms with van der Waals surface area (Å²) in [5.74, 6) is 0.664. The number of hydrogen-bond donors (Lipinski definition) is 1. The predicted molar refractivity (Wildman–Crippen MR) is 82.5 cm³/mol. The van der Waals surface area contributed by atoms with Gasteiger partial charge in [-0.25, -0.2) is 8.42 Å². The number of methoxy groups -OCH3 is 1. The number of para-hydroxylation sites is 1. The quantitative estimate of drug-likeness (QED) is 0.859. The molecule has 0 spiro atoms. The highest BCUT2D eigenvalue weighted by Crippen LogP contribution is 2.22. The predicted octanol–water partition coefficient (Wildman–Crippen LogP) is 2.10. The zero-order valence-corrected chi connectivity index (χ0v) is 12.8. The molecule has 6 heteroatoms. The van der Waals surface area contributed by atoms with Gasteiger partial charge in [-0.15, -0.1) is 0 Å². The molecule has 2 rings (SSSR count). The second-order valence-corrected chi connectivity index (χ2v) is 6.69. The van der Waals surface area contributed by atoms with E-state index >= 15 is 0 Å². The molecule has 2 aromatic rings. The molecule has 112 valence electrons. The number of ether oxygens (including phenoxy) is 1. The molecule has 0 amide bonds. The van der Waals surface area contributed by atoms with E-state index < -0.39 is 10.0 Å². The number of nitrogens with two attached hydrogens (primary N) is 1. The maximum absolute atomic E-state index is 12.5. The Kier molecular flexibility index (Phi) is 4.50. The topological polar surface area (TPSA) is 72.6 Å². The highest BCUT2D eigenvalue weighted by molar-refractivity contribution is 7.89. The van der Waals surface area contributed by atoms with Gasteiger partial charge >= 0.3 is 0 Å². The van der Waals surface area contributed by atoms with Crippen LogP contribution in [0.5, 0.6) is 5.75 Å². The number of nitrogen functional groups attached to an aromatic ring is 1. The van der Waals surface area contributed by atoms with E-state index in [9.17, 15) is 8.42 Å². The second kappa shape index (κ2) is 6.15. The Labute approximate surface area is 125 Å². The van der Waals surface area contributed by atoms with Gasteiger partial charge in [0.1, 0.15) is 5.75 Å². The van der Waals surface area contributed by atoms with E-state index in [1.54, 1.807) is 25.3 Å². The molecule has 0 radical (unpaired) electrons. The van der Waals surface area contributed by atoms with Crippen molar-refractivity contribution in [3.63, 3.8) is 0 Å². The summed E-state index contributed by atoms with van der Waals surface area (Å²) in [6, 6.07) is 13.5. The molecule has 5 nitrogen and oxygen atoms in total. The third-order valence-corrected chi connectivity index (χ3v) is 4.99. The Hall–Kier alpha value is -2.05. The molecule has 0 aliphatic heterocycles. The van der Waals surface area contributed by atoms with Gasteiger partial charge in [0, 0.05) is 24.8 Å². The van der Waals surface area contributed by atoms with Crippen molar-refractivity contribution in [3.05, 3.63) is 54.1 Å². The number of nitrogens with zero attached hydrogens (tertiary/aromatic N) is 1. The Bertz CT molecular complexity index is 712. The van der Waals surface area contributed by atoms with Crippen molar-refractivity contribution in [1.82, 2.24) is 4.31 Å². The third kappa shape index (κ3) is 3.34. The second-order valence-electron chi connectivity index (χ2n) is 4.64. The average Bonchev–Trinajstić information content (AvgIpc) is 2.48. The van der Waals surface area contributed by atoms with Crippen molar-refractivity contribution in [3.8, 4) is 5.75 Å². The maximum atomic E-state index is 12.5. The van der Waals surface area contributed by atoms with Crippen molar-refractivity contribution >= 4 is 15.7 Å². The fourth-order valence-corrected chi connectivity index (χ4v) is 3.13. The Balaban J connectivity index is 2.26. The molecule has 0 aliphatic carbocycles.